The van der Waals surface area contributed by atoms with Crippen molar-refractivity contribution < 1.29 is 13.2 Å². The van der Waals surface area contributed by atoms with Crippen LogP contribution in [0, 0.1) is 24.4 Å². The first-order valence-corrected chi connectivity index (χ1v) is 4.18. The standard InChI is InChI=1S/C11H10F3/c1-4-7-6(3)9(12)11(14)10(13)8(7)5-2/h5H,2-4H2,1H3. The summed E-state index contributed by atoms with van der Waals surface area (Å²) in [6.45, 7) is 8.44. The molecule has 3 heteroatoms. The summed E-state index contributed by atoms with van der Waals surface area (Å²) in [5, 5.41) is 0. The lowest BCUT2D eigenvalue weighted by Gasteiger charge is -2.10. The smallest absolute Gasteiger partial charge is 0.195 e. The molecular formula is C11H10F3. The second kappa shape index (κ2) is 3.86. The van der Waals surface area contributed by atoms with Crippen molar-refractivity contribution >= 4 is 6.08 Å². The molecule has 14 heavy (non-hydrogen) atoms. The van der Waals surface area contributed by atoms with Gasteiger partial charge in [-0.25, -0.2) is 13.2 Å². The Morgan fingerprint density at radius 1 is 1.14 bits per heavy atom. The molecule has 0 aliphatic rings. The van der Waals surface area contributed by atoms with E-state index in [-0.39, 0.29) is 11.1 Å². The first kappa shape index (κ1) is 10.8. The third-order valence-electron chi connectivity index (χ3n) is 2.13. The Morgan fingerprint density at radius 3 is 2.14 bits per heavy atom. The molecule has 0 bridgehead atoms. The van der Waals surface area contributed by atoms with Crippen LogP contribution in [0.1, 0.15) is 23.6 Å². The lowest BCUT2D eigenvalue weighted by molar-refractivity contribution is 0.442. The van der Waals surface area contributed by atoms with Crippen LogP contribution in [-0.2, 0) is 6.42 Å². The summed E-state index contributed by atoms with van der Waals surface area (Å²) < 4.78 is 39.1. The lowest BCUT2D eigenvalue weighted by Crippen LogP contribution is -2.04. The summed E-state index contributed by atoms with van der Waals surface area (Å²) in [6, 6.07) is 0. The van der Waals surface area contributed by atoms with E-state index in [0.717, 1.165) is 0 Å². The van der Waals surface area contributed by atoms with E-state index in [1.807, 2.05) is 0 Å². The van der Waals surface area contributed by atoms with E-state index in [4.69, 9.17) is 0 Å². The van der Waals surface area contributed by atoms with Crippen LogP contribution in [0.15, 0.2) is 6.58 Å². The molecule has 0 heterocycles. The van der Waals surface area contributed by atoms with Crippen LogP contribution in [0.4, 0.5) is 13.2 Å². The van der Waals surface area contributed by atoms with Crippen LogP contribution in [-0.4, -0.2) is 0 Å². The van der Waals surface area contributed by atoms with Gasteiger partial charge in [-0.15, -0.1) is 0 Å². The van der Waals surface area contributed by atoms with Crippen LogP contribution in [0.25, 0.3) is 6.08 Å². The Balaban J connectivity index is 3.65. The second-order valence-corrected chi connectivity index (χ2v) is 2.87. The Kier molecular flexibility index (Phi) is 2.99. The molecule has 1 aromatic rings. The van der Waals surface area contributed by atoms with E-state index in [0.29, 0.717) is 12.0 Å². The van der Waals surface area contributed by atoms with Crippen molar-refractivity contribution in [3.63, 3.8) is 0 Å². The van der Waals surface area contributed by atoms with Gasteiger partial charge in [0.25, 0.3) is 0 Å². The van der Waals surface area contributed by atoms with Crippen molar-refractivity contribution in [2.75, 3.05) is 0 Å². The van der Waals surface area contributed by atoms with Crippen molar-refractivity contribution in [3.05, 3.63) is 47.6 Å². The average Bonchev–Trinajstić information content (AvgIpc) is 2.20. The molecule has 1 aromatic carbocycles. The van der Waals surface area contributed by atoms with Gasteiger partial charge in [-0.05, 0) is 24.5 Å². The van der Waals surface area contributed by atoms with Crippen molar-refractivity contribution in [1.29, 1.82) is 0 Å². The third-order valence-corrected chi connectivity index (χ3v) is 2.13. The van der Waals surface area contributed by atoms with Gasteiger partial charge in [0.1, 0.15) is 0 Å². The van der Waals surface area contributed by atoms with Gasteiger partial charge in [0.2, 0.25) is 0 Å². The molecule has 1 radical (unpaired) electrons. The van der Waals surface area contributed by atoms with Gasteiger partial charge >= 0.3 is 0 Å². The van der Waals surface area contributed by atoms with Crippen molar-refractivity contribution in [2.45, 2.75) is 13.3 Å². The maximum Gasteiger partial charge on any atom is 0.195 e. The molecule has 0 nitrogen and oxygen atoms in total. The molecule has 0 saturated heterocycles. The van der Waals surface area contributed by atoms with Crippen molar-refractivity contribution in [1.82, 2.24) is 0 Å². The second-order valence-electron chi connectivity index (χ2n) is 2.87. The van der Waals surface area contributed by atoms with Crippen LogP contribution in [0.3, 0.4) is 0 Å². The number of halogens is 3. The summed E-state index contributed by atoms with van der Waals surface area (Å²) in [7, 11) is 0. The van der Waals surface area contributed by atoms with E-state index in [1.165, 1.54) is 6.08 Å². The van der Waals surface area contributed by atoms with Crippen molar-refractivity contribution in [2.24, 2.45) is 0 Å². The maximum atomic E-state index is 13.2. The Hall–Kier alpha value is -1.25. The van der Waals surface area contributed by atoms with Gasteiger partial charge in [0, 0.05) is 5.56 Å². The molecule has 1 rings (SSSR count). The molecule has 0 atom stereocenters. The van der Waals surface area contributed by atoms with Gasteiger partial charge in [-0.1, -0.05) is 19.6 Å². The molecule has 75 valence electrons. The summed E-state index contributed by atoms with van der Waals surface area (Å²) in [6.07, 6.45) is 1.56. The zero-order valence-corrected chi connectivity index (χ0v) is 7.83. The minimum Gasteiger partial charge on any atom is -0.203 e. The number of hydrogen-bond acceptors (Lipinski definition) is 0. The molecule has 0 amide bonds. The van der Waals surface area contributed by atoms with E-state index in [9.17, 15) is 13.2 Å². The highest BCUT2D eigenvalue weighted by atomic mass is 19.2. The third kappa shape index (κ3) is 1.43. The molecule has 0 fully saturated rings. The monoisotopic (exact) mass is 199 g/mol. The normalized spacial score (nSPS) is 10.4. The number of rotatable bonds is 2. The Bertz CT molecular complexity index is 381. The van der Waals surface area contributed by atoms with Gasteiger partial charge in [-0.2, -0.15) is 0 Å². The molecule has 0 unspecified atom stereocenters. The maximum absolute atomic E-state index is 13.2. The molecule has 0 spiro atoms. The van der Waals surface area contributed by atoms with E-state index in [1.54, 1.807) is 6.92 Å². The number of benzene rings is 1. The van der Waals surface area contributed by atoms with E-state index >= 15 is 0 Å². The highest BCUT2D eigenvalue weighted by Gasteiger charge is 2.19. The predicted octanol–water partition coefficient (Wildman–Crippen LogP) is 3.49. The highest BCUT2D eigenvalue weighted by molar-refractivity contribution is 5.56. The molecule has 0 aromatic heterocycles. The fourth-order valence-electron chi connectivity index (χ4n) is 1.39. The molecule has 0 saturated carbocycles. The molecule has 0 aliphatic carbocycles. The van der Waals surface area contributed by atoms with Gasteiger partial charge in [0.15, 0.2) is 17.5 Å². The average molecular weight is 199 g/mol. The van der Waals surface area contributed by atoms with E-state index < -0.39 is 17.5 Å². The zero-order valence-electron chi connectivity index (χ0n) is 7.83. The highest BCUT2D eigenvalue weighted by Crippen LogP contribution is 2.25. The predicted molar refractivity (Wildman–Crippen MR) is 50.2 cm³/mol. The van der Waals surface area contributed by atoms with Crippen molar-refractivity contribution in [3.8, 4) is 0 Å². The van der Waals surface area contributed by atoms with E-state index in [2.05, 4.69) is 13.5 Å². The topological polar surface area (TPSA) is 0 Å². The van der Waals surface area contributed by atoms with Crippen LogP contribution < -0.4 is 0 Å². The van der Waals surface area contributed by atoms with Crippen LogP contribution in [0.5, 0.6) is 0 Å². The quantitative estimate of drug-likeness (QED) is 0.639. The fraction of sp³-hybridized carbons (Fsp3) is 0.182. The Labute approximate surface area is 81.1 Å². The lowest BCUT2D eigenvalue weighted by atomic mass is 9.98. The summed E-state index contributed by atoms with van der Waals surface area (Å²) in [4.78, 5) is 0. The molecular weight excluding hydrogens is 189 g/mol. The van der Waals surface area contributed by atoms with Gasteiger partial charge in [0.05, 0.1) is 0 Å². The molecule has 0 N–H and O–H groups in total. The first-order valence-electron chi connectivity index (χ1n) is 4.18. The number of hydrogen-bond donors (Lipinski definition) is 0. The summed E-state index contributed by atoms with van der Waals surface area (Å²) in [5.74, 6) is -3.89. The molecule has 0 aliphatic heterocycles. The largest absolute Gasteiger partial charge is 0.203 e. The Morgan fingerprint density at radius 2 is 1.71 bits per heavy atom. The minimum atomic E-state index is -1.48. The summed E-state index contributed by atoms with van der Waals surface area (Å²) >= 11 is 0. The van der Waals surface area contributed by atoms with Crippen LogP contribution >= 0.6 is 0 Å². The zero-order chi connectivity index (χ0) is 10.9. The SMILES string of the molecule is [CH2]c1c(F)c(F)c(F)c(C=C)c1CC. The minimum absolute atomic E-state index is 0.00333. The summed E-state index contributed by atoms with van der Waals surface area (Å²) in [5.41, 5.74) is 0.258. The van der Waals surface area contributed by atoms with Crippen LogP contribution in [0.2, 0.25) is 0 Å². The van der Waals surface area contributed by atoms with Gasteiger partial charge in [-0.3, -0.25) is 0 Å². The van der Waals surface area contributed by atoms with Gasteiger partial charge < -0.3 is 0 Å². The first-order chi connectivity index (χ1) is 6.54. The fourth-order valence-corrected chi connectivity index (χ4v) is 1.39.